The summed E-state index contributed by atoms with van der Waals surface area (Å²) in [5.74, 6) is -3.26. The molecule has 0 aromatic rings. The van der Waals surface area contributed by atoms with Gasteiger partial charge < -0.3 is 50.4 Å². The summed E-state index contributed by atoms with van der Waals surface area (Å²) in [6.07, 6.45) is 16.2. The Morgan fingerprint density at radius 2 is 0.966 bits per heavy atom. The van der Waals surface area contributed by atoms with Gasteiger partial charge in [0.1, 0.15) is 25.3 Å². The van der Waals surface area contributed by atoms with E-state index in [0.717, 1.165) is 44.9 Å². The van der Waals surface area contributed by atoms with E-state index in [2.05, 4.69) is 21.3 Å². The molecule has 59 heavy (non-hydrogen) atoms. The van der Waals surface area contributed by atoms with E-state index in [9.17, 15) is 38.7 Å². The van der Waals surface area contributed by atoms with Crippen LogP contribution in [0.5, 0.6) is 0 Å². The molecule has 342 valence electrons. The van der Waals surface area contributed by atoms with Crippen molar-refractivity contribution in [3.05, 3.63) is 0 Å². The molecule has 0 spiro atoms. The van der Waals surface area contributed by atoms with Crippen molar-refractivity contribution in [2.24, 2.45) is 5.92 Å². The number of amides is 4. The Kier molecular flexibility index (Phi) is 37.3. The number of halogens is 1. The lowest BCUT2D eigenvalue weighted by atomic mass is 10.0. The molecule has 0 aliphatic rings. The van der Waals surface area contributed by atoms with Crippen LogP contribution < -0.4 is 21.3 Å². The Morgan fingerprint density at radius 1 is 0.525 bits per heavy atom. The Morgan fingerprint density at radius 3 is 1.42 bits per heavy atom. The second kappa shape index (κ2) is 39.2. The lowest BCUT2D eigenvalue weighted by Gasteiger charge is -2.20. The number of hydrogen-bond donors (Lipinski definition) is 6. The predicted octanol–water partition coefficient (Wildman–Crippen LogP) is 4.45. The lowest BCUT2D eigenvalue weighted by Crippen LogP contribution is -2.44. The summed E-state index contributed by atoms with van der Waals surface area (Å²) < 4.78 is 21.2. The summed E-state index contributed by atoms with van der Waals surface area (Å²) in [6.45, 7) is 5.18. The van der Waals surface area contributed by atoms with Crippen molar-refractivity contribution in [1.29, 1.82) is 0 Å². The van der Waals surface area contributed by atoms with E-state index in [1.807, 2.05) is 13.8 Å². The number of carbonyl (C=O) groups excluding carboxylic acids is 5. The van der Waals surface area contributed by atoms with Gasteiger partial charge in [0, 0.05) is 54.9 Å². The van der Waals surface area contributed by atoms with Gasteiger partial charge in [-0.05, 0) is 25.2 Å². The highest BCUT2D eigenvalue weighted by Gasteiger charge is 2.24. The highest BCUT2D eigenvalue weighted by Crippen LogP contribution is 2.14. The molecule has 0 aromatic carbocycles. The van der Waals surface area contributed by atoms with Crippen molar-refractivity contribution in [1.82, 2.24) is 21.3 Å². The first-order valence-electron chi connectivity index (χ1n) is 21.4. The summed E-state index contributed by atoms with van der Waals surface area (Å²) in [4.78, 5) is 82.3. The van der Waals surface area contributed by atoms with Gasteiger partial charge >= 0.3 is 11.9 Å². The van der Waals surface area contributed by atoms with Crippen LogP contribution in [-0.4, -0.2) is 128 Å². The van der Waals surface area contributed by atoms with E-state index < -0.39 is 24.0 Å². The van der Waals surface area contributed by atoms with Gasteiger partial charge in [-0.3, -0.25) is 28.8 Å². The van der Waals surface area contributed by atoms with Crippen molar-refractivity contribution in [3.63, 3.8) is 0 Å². The molecule has 3 atom stereocenters. The summed E-state index contributed by atoms with van der Waals surface area (Å²) in [5.41, 5.74) is 0. The molecule has 0 saturated carbocycles. The molecule has 4 amide bonds. The first-order valence-corrected chi connectivity index (χ1v) is 22.5. The number of hydrogen-bond acceptors (Lipinski definition) is 11. The number of rotatable bonds is 42. The monoisotopic (exact) mass is 956 g/mol. The molecule has 0 aliphatic carbocycles. The van der Waals surface area contributed by atoms with Crippen LogP contribution >= 0.6 is 22.6 Å². The summed E-state index contributed by atoms with van der Waals surface area (Å²) in [6, 6.07) is -1.69. The molecule has 6 N–H and O–H groups in total. The fourth-order valence-corrected chi connectivity index (χ4v) is 6.56. The standard InChI is InChI=1S/C41H73IN4O13/c1-3-32(2)39(40(42)53)46-37(50)31-59-29-27-57-25-23-44-36(49)30-58-28-26-56-24-22-43-34(47)21-20-33(41(54)55)45-35(48)18-16-14-12-10-8-6-4-5-7-9-11-13-15-17-19-38(51)52/h32-33,39H,3-31H2,1-2H3,(H,43,47)(H,44,49)(H,45,48)(H,46,50)(H,51,52)(H,54,55)/t32-,33?,39-/m0/s1. The number of carboxylic acids is 2. The Labute approximate surface area is 364 Å². The van der Waals surface area contributed by atoms with Crippen LogP contribution in [0, 0.1) is 5.92 Å². The first kappa shape index (κ1) is 56.1. The molecule has 17 nitrogen and oxygen atoms in total. The van der Waals surface area contributed by atoms with E-state index in [0.29, 0.717) is 6.42 Å². The van der Waals surface area contributed by atoms with Crippen molar-refractivity contribution < 1.29 is 62.7 Å². The number of carboxylic acid groups (broad SMARTS) is 2. The van der Waals surface area contributed by atoms with E-state index in [1.165, 1.54) is 44.9 Å². The molecule has 0 saturated heterocycles. The number of ether oxygens (including phenoxy) is 4. The largest absolute Gasteiger partial charge is 0.481 e. The van der Waals surface area contributed by atoms with Crippen molar-refractivity contribution >= 4 is 61.9 Å². The zero-order chi connectivity index (χ0) is 43.9. The average Bonchev–Trinajstić information content (AvgIpc) is 3.19. The third-order valence-corrected chi connectivity index (χ3v) is 10.1. The van der Waals surface area contributed by atoms with Gasteiger partial charge in [-0.2, -0.15) is 0 Å². The van der Waals surface area contributed by atoms with E-state index >= 15 is 0 Å². The molecule has 0 heterocycles. The molecule has 0 aliphatic heterocycles. The van der Waals surface area contributed by atoms with Gasteiger partial charge in [-0.15, -0.1) is 0 Å². The predicted molar refractivity (Wildman–Crippen MR) is 230 cm³/mol. The maximum Gasteiger partial charge on any atom is 0.326 e. The summed E-state index contributed by atoms with van der Waals surface area (Å²) >= 11 is 1.68. The van der Waals surface area contributed by atoms with Gasteiger partial charge in [-0.25, -0.2) is 4.79 Å². The van der Waals surface area contributed by atoms with E-state index in [-0.39, 0.29) is 125 Å². The maximum absolute atomic E-state index is 12.3. The second-order valence-corrected chi connectivity index (χ2v) is 15.7. The minimum absolute atomic E-state index is 0.0263. The number of carbonyl (C=O) groups is 7. The van der Waals surface area contributed by atoms with Crippen LogP contribution in [0.1, 0.15) is 136 Å². The molecule has 0 aromatic heterocycles. The van der Waals surface area contributed by atoms with Crippen LogP contribution in [0.25, 0.3) is 0 Å². The Bertz CT molecular complexity index is 1180. The third kappa shape index (κ3) is 36.6. The Balaban J connectivity index is 3.72. The van der Waals surface area contributed by atoms with Crippen LogP contribution in [-0.2, 0) is 52.5 Å². The minimum atomic E-state index is -1.18. The molecule has 1 unspecified atom stereocenters. The van der Waals surface area contributed by atoms with Gasteiger partial charge in [0.05, 0.1) is 39.6 Å². The zero-order valence-corrected chi connectivity index (χ0v) is 37.7. The zero-order valence-electron chi connectivity index (χ0n) is 35.5. The van der Waals surface area contributed by atoms with Crippen molar-refractivity contribution in [2.75, 3.05) is 65.9 Å². The van der Waals surface area contributed by atoms with Crippen LogP contribution in [0.15, 0.2) is 0 Å². The fourth-order valence-electron chi connectivity index (χ4n) is 5.79. The molecule has 0 bridgehead atoms. The third-order valence-electron chi connectivity index (χ3n) is 9.46. The Hall–Kier alpha value is -2.94. The topological polar surface area (TPSA) is 245 Å². The van der Waals surface area contributed by atoms with Gasteiger partial charge in [0.25, 0.3) is 0 Å². The molecule has 18 heteroatoms. The van der Waals surface area contributed by atoms with Crippen molar-refractivity contribution in [3.8, 4) is 0 Å². The molecule has 0 fully saturated rings. The van der Waals surface area contributed by atoms with Gasteiger partial charge in [-0.1, -0.05) is 97.3 Å². The van der Waals surface area contributed by atoms with E-state index in [1.54, 1.807) is 22.6 Å². The average molecular weight is 957 g/mol. The highest BCUT2D eigenvalue weighted by atomic mass is 127. The highest BCUT2D eigenvalue weighted by molar-refractivity contribution is 14.1. The molecular formula is C41H73IN4O13. The smallest absolute Gasteiger partial charge is 0.326 e. The molecule has 0 rings (SSSR count). The van der Waals surface area contributed by atoms with Gasteiger partial charge in [0.15, 0.2) is 0 Å². The molecule has 0 radical (unpaired) electrons. The second-order valence-electron chi connectivity index (χ2n) is 14.6. The maximum atomic E-state index is 12.3. The SMILES string of the molecule is CC[C@H](C)[C@H](NC(=O)COCCOCCNC(=O)COCCOCCNC(=O)CCC(NC(=O)CCCCCCCCCCCCCCCCC(=O)O)C(=O)O)C(=O)I. The summed E-state index contributed by atoms with van der Waals surface area (Å²) in [7, 11) is 0. The normalized spacial score (nSPS) is 12.6. The number of aliphatic carboxylic acids is 2. The number of nitrogens with one attached hydrogen (secondary N) is 4. The van der Waals surface area contributed by atoms with Crippen LogP contribution in [0.3, 0.4) is 0 Å². The van der Waals surface area contributed by atoms with Crippen molar-refractivity contribution in [2.45, 2.75) is 148 Å². The van der Waals surface area contributed by atoms with Crippen LogP contribution in [0.2, 0.25) is 0 Å². The van der Waals surface area contributed by atoms with E-state index in [4.69, 9.17) is 24.1 Å². The lowest BCUT2D eigenvalue weighted by molar-refractivity contribution is -0.142. The minimum Gasteiger partial charge on any atom is -0.481 e. The fraction of sp³-hybridized carbons (Fsp3) is 0.829. The number of unbranched alkanes of at least 4 members (excludes halogenated alkanes) is 13. The molecular weight excluding hydrogens is 883 g/mol. The van der Waals surface area contributed by atoms with Crippen LogP contribution in [0.4, 0.5) is 0 Å². The quantitative estimate of drug-likeness (QED) is 0.0282. The van der Waals surface area contributed by atoms with Gasteiger partial charge in [0.2, 0.25) is 27.4 Å². The first-order chi connectivity index (χ1) is 28.4. The summed E-state index contributed by atoms with van der Waals surface area (Å²) in [5, 5.41) is 28.7.